The lowest BCUT2D eigenvalue weighted by molar-refractivity contribution is -0.180. The van der Waals surface area contributed by atoms with Crippen LogP contribution in [0.15, 0.2) is 0 Å². The van der Waals surface area contributed by atoms with Gasteiger partial charge in [-0.1, -0.05) is 13.8 Å². The van der Waals surface area contributed by atoms with E-state index < -0.39 is 0 Å². The molecule has 0 bridgehead atoms. The summed E-state index contributed by atoms with van der Waals surface area (Å²) in [6.45, 7) is 21.9. The van der Waals surface area contributed by atoms with Crippen LogP contribution in [0.3, 0.4) is 0 Å². The number of morpholine rings is 1. The molecule has 20 heavy (non-hydrogen) atoms. The molecule has 4 nitrogen and oxygen atoms in total. The number of nitrogens with zero attached hydrogens (tertiary/aromatic N) is 2. The van der Waals surface area contributed by atoms with Crippen LogP contribution in [0.2, 0.25) is 0 Å². The Hall–Kier alpha value is -0.160. The summed E-state index contributed by atoms with van der Waals surface area (Å²) in [5.41, 5.74) is -0.0774. The van der Waals surface area contributed by atoms with Crippen molar-refractivity contribution >= 4 is 0 Å². The Labute approximate surface area is 125 Å². The Bertz CT molecular complexity index is 259. The molecular weight excluding hydrogens is 250 g/mol. The highest BCUT2D eigenvalue weighted by Gasteiger charge is 2.37. The SMILES string of the molecule is CCN(CC)CCNCCN1CC(C)(C)OC(C)(C)C1. The van der Waals surface area contributed by atoms with Crippen molar-refractivity contribution < 1.29 is 4.74 Å². The smallest absolute Gasteiger partial charge is 0.0760 e. The van der Waals surface area contributed by atoms with Crippen LogP contribution in [-0.2, 0) is 4.74 Å². The first-order chi connectivity index (χ1) is 9.28. The Morgan fingerprint density at radius 3 is 2.05 bits per heavy atom. The molecule has 0 aliphatic carbocycles. The molecule has 0 amide bonds. The molecule has 4 heteroatoms. The van der Waals surface area contributed by atoms with Gasteiger partial charge in [0.25, 0.3) is 0 Å². The molecule has 0 saturated carbocycles. The van der Waals surface area contributed by atoms with Crippen LogP contribution in [0.25, 0.3) is 0 Å². The van der Waals surface area contributed by atoms with Gasteiger partial charge in [0.05, 0.1) is 11.2 Å². The van der Waals surface area contributed by atoms with Crippen molar-refractivity contribution in [2.24, 2.45) is 0 Å². The minimum atomic E-state index is -0.0387. The van der Waals surface area contributed by atoms with Gasteiger partial charge >= 0.3 is 0 Å². The van der Waals surface area contributed by atoms with E-state index in [0.717, 1.165) is 52.4 Å². The highest BCUT2D eigenvalue weighted by atomic mass is 16.5. The number of rotatable bonds is 8. The second kappa shape index (κ2) is 7.74. The predicted octanol–water partition coefficient (Wildman–Crippen LogP) is 1.81. The van der Waals surface area contributed by atoms with E-state index in [-0.39, 0.29) is 11.2 Å². The zero-order chi connectivity index (χ0) is 15.2. The largest absolute Gasteiger partial charge is 0.367 e. The van der Waals surface area contributed by atoms with Gasteiger partial charge < -0.3 is 15.0 Å². The first-order valence-electron chi connectivity index (χ1n) is 8.13. The maximum Gasteiger partial charge on any atom is 0.0760 e. The van der Waals surface area contributed by atoms with Crippen molar-refractivity contribution in [2.45, 2.75) is 52.7 Å². The van der Waals surface area contributed by atoms with E-state index in [2.05, 4.69) is 56.7 Å². The molecule has 0 spiro atoms. The second-order valence-electron chi connectivity index (χ2n) is 7.11. The van der Waals surface area contributed by atoms with Crippen molar-refractivity contribution in [1.82, 2.24) is 15.1 Å². The van der Waals surface area contributed by atoms with E-state index in [1.165, 1.54) is 0 Å². The van der Waals surface area contributed by atoms with Crippen molar-refractivity contribution in [3.63, 3.8) is 0 Å². The molecule has 1 rings (SSSR count). The minimum absolute atomic E-state index is 0.0387. The van der Waals surface area contributed by atoms with Gasteiger partial charge in [-0.25, -0.2) is 0 Å². The molecule has 0 atom stereocenters. The Kier molecular flexibility index (Phi) is 6.92. The van der Waals surface area contributed by atoms with Crippen LogP contribution >= 0.6 is 0 Å². The number of hydrogen-bond donors (Lipinski definition) is 1. The number of likely N-dealkylation sites (N-methyl/N-ethyl adjacent to an activating group) is 1. The van der Waals surface area contributed by atoms with Crippen molar-refractivity contribution in [2.75, 3.05) is 52.4 Å². The van der Waals surface area contributed by atoms with Crippen LogP contribution in [0.1, 0.15) is 41.5 Å². The predicted molar refractivity (Wildman–Crippen MR) is 86.3 cm³/mol. The average Bonchev–Trinajstić information content (AvgIpc) is 2.30. The Balaban J connectivity index is 2.21. The highest BCUT2D eigenvalue weighted by molar-refractivity contribution is 4.89. The summed E-state index contributed by atoms with van der Waals surface area (Å²) >= 11 is 0. The zero-order valence-electron chi connectivity index (χ0n) is 14.5. The summed E-state index contributed by atoms with van der Waals surface area (Å²) in [6.07, 6.45) is 0. The fourth-order valence-electron chi connectivity index (χ4n) is 3.24. The van der Waals surface area contributed by atoms with E-state index in [1.807, 2.05) is 0 Å². The van der Waals surface area contributed by atoms with Crippen molar-refractivity contribution in [3.8, 4) is 0 Å². The van der Waals surface area contributed by atoms with Gasteiger partial charge in [0, 0.05) is 39.3 Å². The van der Waals surface area contributed by atoms with Crippen molar-refractivity contribution in [1.29, 1.82) is 0 Å². The summed E-state index contributed by atoms with van der Waals surface area (Å²) in [6, 6.07) is 0. The summed E-state index contributed by atoms with van der Waals surface area (Å²) in [4.78, 5) is 4.97. The molecule has 1 fully saturated rings. The monoisotopic (exact) mass is 285 g/mol. The molecule has 0 aromatic rings. The summed E-state index contributed by atoms with van der Waals surface area (Å²) in [5, 5.41) is 3.56. The molecule has 1 aliphatic heterocycles. The van der Waals surface area contributed by atoms with Gasteiger partial charge in [-0.2, -0.15) is 0 Å². The molecule has 1 N–H and O–H groups in total. The Morgan fingerprint density at radius 1 is 1.00 bits per heavy atom. The molecule has 0 aromatic heterocycles. The van der Waals surface area contributed by atoms with E-state index in [9.17, 15) is 0 Å². The van der Waals surface area contributed by atoms with Gasteiger partial charge in [0.2, 0.25) is 0 Å². The van der Waals surface area contributed by atoms with Gasteiger partial charge in [-0.15, -0.1) is 0 Å². The fourth-order valence-corrected chi connectivity index (χ4v) is 3.24. The molecule has 1 aliphatic rings. The standard InChI is InChI=1S/C16H35N3O/c1-7-18(8-2)11-9-17-10-12-19-13-15(3,4)20-16(5,6)14-19/h17H,7-14H2,1-6H3. The molecule has 0 unspecified atom stereocenters. The average molecular weight is 285 g/mol. The third kappa shape index (κ3) is 6.53. The van der Waals surface area contributed by atoms with Crippen LogP contribution in [0.5, 0.6) is 0 Å². The van der Waals surface area contributed by atoms with E-state index in [0.29, 0.717) is 0 Å². The molecule has 120 valence electrons. The van der Waals surface area contributed by atoms with Crippen LogP contribution in [0.4, 0.5) is 0 Å². The highest BCUT2D eigenvalue weighted by Crippen LogP contribution is 2.27. The maximum absolute atomic E-state index is 6.11. The third-order valence-corrected chi connectivity index (χ3v) is 3.87. The van der Waals surface area contributed by atoms with Crippen molar-refractivity contribution in [3.05, 3.63) is 0 Å². The number of nitrogens with one attached hydrogen (secondary N) is 1. The summed E-state index contributed by atoms with van der Waals surface area (Å²) < 4.78 is 6.11. The van der Waals surface area contributed by atoms with Crippen LogP contribution in [0, 0.1) is 0 Å². The fraction of sp³-hybridized carbons (Fsp3) is 1.00. The quantitative estimate of drug-likeness (QED) is 0.688. The van der Waals surface area contributed by atoms with Crippen LogP contribution < -0.4 is 5.32 Å². The molecule has 0 radical (unpaired) electrons. The van der Waals surface area contributed by atoms with Gasteiger partial charge in [-0.3, -0.25) is 4.90 Å². The number of ether oxygens (including phenoxy) is 1. The summed E-state index contributed by atoms with van der Waals surface area (Å²) in [7, 11) is 0. The minimum Gasteiger partial charge on any atom is -0.367 e. The van der Waals surface area contributed by atoms with Crippen LogP contribution in [-0.4, -0.2) is 73.4 Å². The van der Waals surface area contributed by atoms with E-state index in [1.54, 1.807) is 0 Å². The van der Waals surface area contributed by atoms with E-state index >= 15 is 0 Å². The lowest BCUT2D eigenvalue weighted by Gasteiger charge is -2.47. The zero-order valence-corrected chi connectivity index (χ0v) is 14.5. The first kappa shape index (κ1) is 17.9. The maximum atomic E-state index is 6.11. The summed E-state index contributed by atoms with van der Waals surface area (Å²) in [5.74, 6) is 0. The molecule has 1 heterocycles. The lowest BCUT2D eigenvalue weighted by atomic mass is 9.99. The lowest BCUT2D eigenvalue weighted by Crippen LogP contribution is -2.58. The Morgan fingerprint density at radius 2 is 1.55 bits per heavy atom. The molecule has 1 saturated heterocycles. The van der Waals surface area contributed by atoms with E-state index in [4.69, 9.17) is 4.74 Å². The van der Waals surface area contributed by atoms with Gasteiger partial charge in [0.15, 0.2) is 0 Å². The topological polar surface area (TPSA) is 27.7 Å². The molecular formula is C16H35N3O. The molecule has 0 aromatic carbocycles. The second-order valence-corrected chi connectivity index (χ2v) is 7.11. The van der Waals surface area contributed by atoms with Gasteiger partial charge in [0.1, 0.15) is 0 Å². The normalized spacial score (nSPS) is 22.4. The van der Waals surface area contributed by atoms with Gasteiger partial charge in [-0.05, 0) is 40.8 Å². The first-order valence-corrected chi connectivity index (χ1v) is 8.13. The number of hydrogen-bond acceptors (Lipinski definition) is 4. The third-order valence-electron chi connectivity index (χ3n) is 3.87.